The minimum Gasteiger partial charge on any atom is -0.356 e. The zero-order valence-electron chi connectivity index (χ0n) is 10.8. The second-order valence-corrected chi connectivity index (χ2v) is 4.42. The molecule has 0 aromatic rings. The SMILES string of the molecule is NC(N)CCCCNC(=O)CCN1C(=O)C=CC1=O. The van der Waals surface area contributed by atoms with Gasteiger partial charge in [0.15, 0.2) is 0 Å². The number of imide groups is 1. The highest BCUT2D eigenvalue weighted by Gasteiger charge is 2.23. The Morgan fingerprint density at radius 2 is 1.84 bits per heavy atom. The van der Waals surface area contributed by atoms with Crippen molar-refractivity contribution in [3.05, 3.63) is 12.2 Å². The van der Waals surface area contributed by atoms with Gasteiger partial charge >= 0.3 is 0 Å². The van der Waals surface area contributed by atoms with E-state index < -0.39 is 0 Å². The first kappa shape index (κ1) is 15.3. The summed E-state index contributed by atoms with van der Waals surface area (Å²) < 4.78 is 0. The molecule has 0 aromatic heterocycles. The molecular weight excluding hydrogens is 248 g/mol. The van der Waals surface area contributed by atoms with E-state index in [2.05, 4.69) is 5.32 Å². The van der Waals surface area contributed by atoms with Crippen LogP contribution in [-0.4, -0.2) is 41.9 Å². The molecule has 0 fully saturated rings. The summed E-state index contributed by atoms with van der Waals surface area (Å²) in [5.41, 5.74) is 10.8. The van der Waals surface area contributed by atoms with Gasteiger partial charge in [0, 0.05) is 31.7 Å². The van der Waals surface area contributed by atoms with Crippen LogP contribution in [0.3, 0.4) is 0 Å². The summed E-state index contributed by atoms with van der Waals surface area (Å²) >= 11 is 0. The maximum atomic E-state index is 11.5. The summed E-state index contributed by atoms with van der Waals surface area (Å²) in [5.74, 6) is -0.908. The first-order valence-electron chi connectivity index (χ1n) is 6.32. The Hall–Kier alpha value is -1.73. The van der Waals surface area contributed by atoms with Crippen molar-refractivity contribution >= 4 is 17.7 Å². The summed E-state index contributed by atoms with van der Waals surface area (Å²) in [5, 5.41) is 2.72. The summed E-state index contributed by atoms with van der Waals surface area (Å²) in [6.07, 6.45) is 4.60. The molecular formula is C12H20N4O3. The molecule has 0 aliphatic carbocycles. The van der Waals surface area contributed by atoms with E-state index in [-0.39, 0.29) is 36.9 Å². The van der Waals surface area contributed by atoms with Crippen LogP contribution in [0.1, 0.15) is 25.7 Å². The molecule has 19 heavy (non-hydrogen) atoms. The summed E-state index contributed by atoms with van der Waals surface area (Å²) in [6.45, 7) is 0.663. The quantitative estimate of drug-likeness (QED) is 0.291. The highest BCUT2D eigenvalue weighted by Crippen LogP contribution is 2.04. The smallest absolute Gasteiger partial charge is 0.253 e. The van der Waals surface area contributed by atoms with Crippen molar-refractivity contribution in [1.29, 1.82) is 0 Å². The predicted octanol–water partition coefficient (Wildman–Crippen LogP) is -1.17. The number of carbonyl (C=O) groups excluding carboxylic acids is 3. The fourth-order valence-corrected chi connectivity index (χ4v) is 1.69. The first-order chi connectivity index (χ1) is 9.00. The summed E-state index contributed by atoms with van der Waals surface area (Å²) in [7, 11) is 0. The van der Waals surface area contributed by atoms with Crippen molar-refractivity contribution in [2.45, 2.75) is 31.8 Å². The third kappa shape index (κ3) is 5.62. The lowest BCUT2D eigenvalue weighted by Crippen LogP contribution is -2.35. The van der Waals surface area contributed by atoms with Crippen LogP contribution < -0.4 is 16.8 Å². The van der Waals surface area contributed by atoms with E-state index in [4.69, 9.17) is 11.5 Å². The van der Waals surface area contributed by atoms with E-state index in [0.29, 0.717) is 6.54 Å². The molecule has 0 aromatic carbocycles. The van der Waals surface area contributed by atoms with Gasteiger partial charge in [-0.3, -0.25) is 19.3 Å². The van der Waals surface area contributed by atoms with E-state index in [1.54, 1.807) is 0 Å². The monoisotopic (exact) mass is 268 g/mol. The van der Waals surface area contributed by atoms with Crippen LogP contribution in [0.25, 0.3) is 0 Å². The van der Waals surface area contributed by atoms with Gasteiger partial charge in [0.25, 0.3) is 11.8 Å². The van der Waals surface area contributed by atoms with Crippen LogP contribution >= 0.6 is 0 Å². The molecule has 1 aliphatic heterocycles. The third-order valence-corrected chi connectivity index (χ3v) is 2.75. The Bertz CT molecular complexity index is 361. The van der Waals surface area contributed by atoms with Crippen molar-refractivity contribution in [2.24, 2.45) is 11.5 Å². The number of amides is 3. The largest absolute Gasteiger partial charge is 0.356 e. The van der Waals surface area contributed by atoms with E-state index >= 15 is 0 Å². The molecule has 7 nitrogen and oxygen atoms in total. The second-order valence-electron chi connectivity index (χ2n) is 4.42. The van der Waals surface area contributed by atoms with Gasteiger partial charge in [0.05, 0.1) is 6.17 Å². The van der Waals surface area contributed by atoms with Crippen LogP contribution in [0.15, 0.2) is 12.2 Å². The minimum atomic E-state index is -0.366. The third-order valence-electron chi connectivity index (χ3n) is 2.75. The number of nitrogens with zero attached hydrogens (tertiary/aromatic N) is 1. The lowest BCUT2D eigenvalue weighted by molar-refractivity contribution is -0.137. The molecule has 5 N–H and O–H groups in total. The number of nitrogens with two attached hydrogens (primary N) is 2. The maximum absolute atomic E-state index is 11.5. The predicted molar refractivity (Wildman–Crippen MR) is 69.5 cm³/mol. The number of rotatable bonds is 8. The number of carbonyl (C=O) groups is 3. The summed E-state index contributed by atoms with van der Waals surface area (Å²) in [4.78, 5) is 35.0. The molecule has 7 heteroatoms. The zero-order chi connectivity index (χ0) is 14.3. The maximum Gasteiger partial charge on any atom is 0.253 e. The van der Waals surface area contributed by atoms with Crippen molar-refractivity contribution in [2.75, 3.05) is 13.1 Å². The van der Waals surface area contributed by atoms with Gasteiger partial charge in [0.1, 0.15) is 0 Å². The van der Waals surface area contributed by atoms with Crippen LogP contribution in [0.4, 0.5) is 0 Å². The summed E-state index contributed by atoms with van der Waals surface area (Å²) in [6, 6.07) is 0. The van der Waals surface area contributed by atoms with Crippen molar-refractivity contribution < 1.29 is 14.4 Å². The Morgan fingerprint density at radius 1 is 1.21 bits per heavy atom. The van der Waals surface area contributed by atoms with Crippen LogP contribution in [-0.2, 0) is 14.4 Å². The molecule has 0 saturated heterocycles. The lowest BCUT2D eigenvalue weighted by atomic mass is 10.2. The van der Waals surface area contributed by atoms with Crippen molar-refractivity contribution in [3.8, 4) is 0 Å². The molecule has 1 aliphatic rings. The van der Waals surface area contributed by atoms with E-state index in [0.717, 1.165) is 24.2 Å². The topological polar surface area (TPSA) is 119 Å². The number of hydrogen-bond acceptors (Lipinski definition) is 5. The normalized spacial score (nSPS) is 14.6. The number of nitrogens with one attached hydrogen (secondary N) is 1. The Morgan fingerprint density at radius 3 is 2.42 bits per heavy atom. The lowest BCUT2D eigenvalue weighted by Gasteiger charge is -2.13. The average Bonchev–Trinajstić information content (AvgIpc) is 2.66. The van der Waals surface area contributed by atoms with Crippen molar-refractivity contribution in [3.63, 3.8) is 0 Å². The molecule has 3 amide bonds. The van der Waals surface area contributed by atoms with Gasteiger partial charge in [-0.2, -0.15) is 0 Å². The molecule has 1 heterocycles. The van der Waals surface area contributed by atoms with Crippen LogP contribution in [0.5, 0.6) is 0 Å². The van der Waals surface area contributed by atoms with E-state index in [9.17, 15) is 14.4 Å². The Balaban J connectivity index is 2.08. The molecule has 0 atom stereocenters. The van der Waals surface area contributed by atoms with Gasteiger partial charge in [-0.15, -0.1) is 0 Å². The average molecular weight is 268 g/mol. The van der Waals surface area contributed by atoms with E-state index in [1.165, 1.54) is 12.2 Å². The van der Waals surface area contributed by atoms with Crippen molar-refractivity contribution in [1.82, 2.24) is 10.2 Å². The molecule has 0 radical (unpaired) electrons. The highest BCUT2D eigenvalue weighted by molar-refractivity contribution is 6.13. The van der Waals surface area contributed by atoms with Gasteiger partial charge in [-0.05, 0) is 19.3 Å². The van der Waals surface area contributed by atoms with Gasteiger partial charge < -0.3 is 16.8 Å². The molecule has 106 valence electrons. The van der Waals surface area contributed by atoms with E-state index in [1.807, 2.05) is 0 Å². The second kappa shape index (κ2) is 7.65. The molecule has 1 rings (SSSR count). The molecule has 0 bridgehead atoms. The Labute approximate surface area is 112 Å². The standard InChI is InChI=1S/C12H20N4O3/c13-9(14)3-1-2-7-15-10(17)6-8-16-11(18)4-5-12(16)19/h4-5,9H,1-3,6-8,13-14H2,(H,15,17). The minimum absolute atomic E-state index is 0.115. The van der Waals surface area contributed by atoms with Gasteiger partial charge in [-0.1, -0.05) is 0 Å². The van der Waals surface area contributed by atoms with Gasteiger partial charge in [0.2, 0.25) is 5.91 Å². The fraction of sp³-hybridized carbons (Fsp3) is 0.583. The Kier molecular flexibility index (Phi) is 6.17. The van der Waals surface area contributed by atoms with Gasteiger partial charge in [-0.25, -0.2) is 0 Å². The zero-order valence-corrected chi connectivity index (χ0v) is 10.8. The van der Waals surface area contributed by atoms with Crippen LogP contribution in [0, 0.1) is 0 Å². The highest BCUT2D eigenvalue weighted by atomic mass is 16.2. The molecule has 0 saturated carbocycles. The fourth-order valence-electron chi connectivity index (χ4n) is 1.69. The van der Waals surface area contributed by atoms with Crippen LogP contribution in [0.2, 0.25) is 0 Å². The first-order valence-corrected chi connectivity index (χ1v) is 6.32. The molecule has 0 spiro atoms. The number of hydrogen-bond donors (Lipinski definition) is 3. The molecule has 0 unspecified atom stereocenters. The number of unbranched alkanes of at least 4 members (excludes halogenated alkanes) is 1.